The fourth-order valence-corrected chi connectivity index (χ4v) is 3.69. The van der Waals surface area contributed by atoms with Crippen LogP contribution in [0.2, 0.25) is 19.1 Å². The van der Waals surface area contributed by atoms with Gasteiger partial charge in [-0.3, -0.25) is 0 Å². The molecule has 0 N–H and O–H groups in total. The van der Waals surface area contributed by atoms with Crippen LogP contribution in [0.25, 0.3) is 0 Å². The van der Waals surface area contributed by atoms with Crippen molar-refractivity contribution in [1.29, 1.82) is 0 Å². The van der Waals surface area contributed by atoms with E-state index in [-0.39, 0.29) is 0 Å². The Morgan fingerprint density at radius 1 is 0.737 bits per heavy atom. The molecule has 0 spiro atoms. The minimum Gasteiger partial charge on any atom is -0.414 e. The fraction of sp³-hybridized carbons (Fsp3) is 1.00. The van der Waals surface area contributed by atoms with Crippen LogP contribution in [0, 0.1) is 0 Å². The first kappa shape index (κ1) is 19.2. The molecule has 0 amide bonds. The van der Waals surface area contributed by atoms with E-state index in [1.165, 1.54) is 70.3 Å². The monoisotopic (exact) mass is 286 g/mol. The summed E-state index contributed by atoms with van der Waals surface area (Å²) in [5, 5.41) is 0. The molecule has 0 aromatic rings. The smallest absolute Gasteiger partial charge is 0.186 e. The van der Waals surface area contributed by atoms with Crippen LogP contribution in [-0.4, -0.2) is 14.4 Å². The van der Waals surface area contributed by atoms with Gasteiger partial charge in [0, 0.05) is 6.10 Å². The molecule has 1 unspecified atom stereocenters. The first-order chi connectivity index (χ1) is 9.05. The van der Waals surface area contributed by atoms with E-state index in [0.29, 0.717) is 6.10 Å². The van der Waals surface area contributed by atoms with Gasteiger partial charge in [0.25, 0.3) is 0 Å². The highest BCUT2D eigenvalue weighted by molar-refractivity contribution is 6.71. The van der Waals surface area contributed by atoms with Crippen LogP contribution < -0.4 is 0 Å². The molecule has 0 aromatic heterocycles. The van der Waals surface area contributed by atoms with Gasteiger partial charge in [0.1, 0.15) is 0 Å². The number of hydrogen-bond acceptors (Lipinski definition) is 1. The highest BCUT2D eigenvalue weighted by Crippen LogP contribution is 2.21. The molecule has 1 atom stereocenters. The van der Waals surface area contributed by atoms with Crippen molar-refractivity contribution in [3.05, 3.63) is 0 Å². The third-order valence-corrected chi connectivity index (χ3v) is 6.77. The first-order valence-corrected chi connectivity index (χ1v) is 11.8. The quantitative estimate of drug-likeness (QED) is 0.276. The van der Waals surface area contributed by atoms with E-state index in [0.717, 1.165) is 0 Å². The molecule has 19 heavy (non-hydrogen) atoms. The topological polar surface area (TPSA) is 9.23 Å². The maximum absolute atomic E-state index is 6.46. The molecule has 0 heterocycles. The normalized spacial score (nSPS) is 13.7. The lowest BCUT2D eigenvalue weighted by Crippen LogP contribution is -2.34. The second kappa shape index (κ2) is 12.0. The first-order valence-electron chi connectivity index (χ1n) is 8.73. The van der Waals surface area contributed by atoms with Gasteiger partial charge in [-0.25, -0.2) is 0 Å². The van der Waals surface area contributed by atoms with Crippen molar-refractivity contribution in [3.8, 4) is 0 Å². The summed E-state index contributed by atoms with van der Waals surface area (Å²) in [6.07, 6.45) is 14.1. The summed E-state index contributed by atoms with van der Waals surface area (Å²) in [4.78, 5) is 0. The molecule has 2 heteroatoms. The van der Waals surface area contributed by atoms with Crippen LogP contribution in [-0.2, 0) is 4.43 Å². The van der Waals surface area contributed by atoms with E-state index in [2.05, 4.69) is 33.9 Å². The van der Waals surface area contributed by atoms with Crippen LogP contribution >= 0.6 is 0 Å². The van der Waals surface area contributed by atoms with Gasteiger partial charge in [0.2, 0.25) is 0 Å². The van der Waals surface area contributed by atoms with Gasteiger partial charge in [-0.1, -0.05) is 72.1 Å². The number of rotatable bonds is 13. The minimum atomic E-state index is -1.37. The summed E-state index contributed by atoms with van der Waals surface area (Å²) >= 11 is 0. The number of hydrogen-bond donors (Lipinski definition) is 0. The fourth-order valence-electron chi connectivity index (χ4n) is 2.38. The van der Waals surface area contributed by atoms with Crippen LogP contribution in [0.3, 0.4) is 0 Å². The third-order valence-electron chi connectivity index (χ3n) is 4.10. The molecule has 0 bridgehead atoms. The van der Waals surface area contributed by atoms with E-state index in [1.54, 1.807) is 0 Å². The van der Waals surface area contributed by atoms with Crippen molar-refractivity contribution in [2.75, 3.05) is 0 Å². The Bertz CT molecular complexity index is 192. The van der Waals surface area contributed by atoms with Crippen molar-refractivity contribution < 1.29 is 4.43 Å². The van der Waals surface area contributed by atoms with Crippen LogP contribution in [0.15, 0.2) is 0 Å². The van der Waals surface area contributed by atoms with Crippen molar-refractivity contribution in [2.24, 2.45) is 0 Å². The second-order valence-electron chi connectivity index (χ2n) is 6.55. The van der Waals surface area contributed by atoms with E-state index in [4.69, 9.17) is 4.43 Å². The zero-order valence-corrected chi connectivity index (χ0v) is 15.3. The van der Waals surface area contributed by atoms with Crippen LogP contribution in [0.4, 0.5) is 0 Å². The lowest BCUT2D eigenvalue weighted by atomic mass is 10.0. The van der Waals surface area contributed by atoms with Crippen LogP contribution in [0.1, 0.15) is 85.0 Å². The Hall–Kier alpha value is 0.177. The minimum absolute atomic E-state index is 0.549. The average molecular weight is 287 g/mol. The molecule has 1 nitrogen and oxygen atoms in total. The summed E-state index contributed by atoms with van der Waals surface area (Å²) in [7, 11) is -1.37. The highest BCUT2D eigenvalue weighted by Gasteiger charge is 2.23. The van der Waals surface area contributed by atoms with Gasteiger partial charge in [0.05, 0.1) is 0 Å². The van der Waals surface area contributed by atoms with Gasteiger partial charge >= 0.3 is 0 Å². The predicted molar refractivity (Wildman–Crippen MR) is 90.4 cm³/mol. The van der Waals surface area contributed by atoms with Crippen molar-refractivity contribution in [2.45, 2.75) is 110 Å². The van der Waals surface area contributed by atoms with E-state index < -0.39 is 8.32 Å². The summed E-state index contributed by atoms with van der Waals surface area (Å²) in [6, 6.07) is 1.24. The Morgan fingerprint density at radius 3 is 1.84 bits per heavy atom. The molecule has 0 saturated heterocycles. The summed E-state index contributed by atoms with van der Waals surface area (Å²) in [5.41, 5.74) is 0. The van der Waals surface area contributed by atoms with Crippen molar-refractivity contribution in [3.63, 3.8) is 0 Å². The van der Waals surface area contributed by atoms with E-state index >= 15 is 0 Å². The standard InChI is InChI=1S/C17H38OSi/c1-6-9-11-12-13-14-16-17(15-10-7-2)18-19(4,5)8-3/h17H,6-16H2,1-5H3. The zero-order chi connectivity index (χ0) is 14.6. The molecule has 0 radical (unpaired) electrons. The van der Waals surface area contributed by atoms with Crippen molar-refractivity contribution >= 4 is 8.32 Å². The van der Waals surface area contributed by atoms with Gasteiger partial charge in [-0.15, -0.1) is 0 Å². The largest absolute Gasteiger partial charge is 0.414 e. The Labute approximate surface area is 123 Å². The molecule has 0 aromatic carbocycles. The van der Waals surface area contributed by atoms with Crippen molar-refractivity contribution in [1.82, 2.24) is 0 Å². The Morgan fingerprint density at radius 2 is 1.26 bits per heavy atom. The molecule has 0 aliphatic carbocycles. The van der Waals surface area contributed by atoms with Gasteiger partial charge in [-0.2, -0.15) is 0 Å². The highest BCUT2D eigenvalue weighted by atomic mass is 28.4. The lowest BCUT2D eigenvalue weighted by molar-refractivity contribution is 0.164. The Balaban J connectivity index is 3.86. The number of unbranched alkanes of at least 4 members (excludes halogenated alkanes) is 6. The maximum Gasteiger partial charge on any atom is 0.186 e. The third kappa shape index (κ3) is 11.7. The predicted octanol–water partition coefficient (Wildman–Crippen LogP) is 6.54. The molecule has 0 fully saturated rings. The molecule has 0 saturated carbocycles. The Kier molecular flexibility index (Phi) is 12.1. The zero-order valence-electron chi connectivity index (χ0n) is 14.3. The summed E-state index contributed by atoms with van der Waals surface area (Å²) in [6.45, 7) is 11.6. The molecule has 0 rings (SSSR count). The molecule has 116 valence electrons. The maximum atomic E-state index is 6.46. The molecular weight excluding hydrogens is 248 g/mol. The van der Waals surface area contributed by atoms with E-state index in [9.17, 15) is 0 Å². The van der Waals surface area contributed by atoms with Gasteiger partial charge in [0.15, 0.2) is 8.32 Å². The second-order valence-corrected chi connectivity index (χ2v) is 11.0. The average Bonchev–Trinajstić information content (AvgIpc) is 2.39. The molecule has 0 aliphatic rings. The van der Waals surface area contributed by atoms with Gasteiger partial charge < -0.3 is 4.43 Å². The van der Waals surface area contributed by atoms with E-state index in [1.807, 2.05) is 0 Å². The molecule has 0 aliphatic heterocycles. The summed E-state index contributed by atoms with van der Waals surface area (Å²) in [5.74, 6) is 0. The van der Waals surface area contributed by atoms with Gasteiger partial charge in [-0.05, 0) is 32.0 Å². The lowest BCUT2D eigenvalue weighted by Gasteiger charge is -2.28. The summed E-state index contributed by atoms with van der Waals surface area (Å²) < 4.78 is 6.46. The van der Waals surface area contributed by atoms with Crippen LogP contribution in [0.5, 0.6) is 0 Å². The molecular formula is C17H38OSi. The SMILES string of the molecule is CCCCCCCCC(CCCC)O[Si](C)(C)CC.